The van der Waals surface area contributed by atoms with Crippen molar-refractivity contribution >= 4 is 11.8 Å². The molecule has 0 bridgehead atoms. The summed E-state index contributed by atoms with van der Waals surface area (Å²) in [7, 11) is 0. The Hall–Kier alpha value is -3.62. The minimum absolute atomic E-state index is 0.117. The third-order valence-corrected chi connectivity index (χ3v) is 5.00. The Labute approximate surface area is 171 Å². The second-order valence-corrected chi connectivity index (χ2v) is 7.15. The number of halogens is 2. The predicted molar refractivity (Wildman–Crippen MR) is 104 cm³/mol. The molecule has 1 aromatic heterocycles. The van der Waals surface area contributed by atoms with E-state index < -0.39 is 29.6 Å². The molecular weight excluding hydrogens is 392 g/mol. The van der Waals surface area contributed by atoms with Gasteiger partial charge < -0.3 is 10.2 Å². The SMILES string of the molecule is Cc1nc([C@@H]2C[C@H](NC(=O)c3ccccc3)CN2C(=O)c2cc(F)ccc2F)n[nH]1. The van der Waals surface area contributed by atoms with Gasteiger partial charge in [-0.1, -0.05) is 18.2 Å². The Morgan fingerprint density at radius 1 is 1.17 bits per heavy atom. The van der Waals surface area contributed by atoms with Crippen molar-refractivity contribution in [1.29, 1.82) is 0 Å². The van der Waals surface area contributed by atoms with Crippen molar-refractivity contribution in [2.75, 3.05) is 6.54 Å². The first kappa shape index (κ1) is 19.7. The van der Waals surface area contributed by atoms with Gasteiger partial charge in [0, 0.05) is 18.2 Å². The Balaban J connectivity index is 1.60. The van der Waals surface area contributed by atoms with E-state index in [1.807, 2.05) is 6.07 Å². The second-order valence-electron chi connectivity index (χ2n) is 7.15. The lowest BCUT2D eigenvalue weighted by molar-refractivity contribution is 0.0719. The molecule has 0 spiro atoms. The first-order valence-electron chi connectivity index (χ1n) is 9.43. The van der Waals surface area contributed by atoms with Crippen molar-refractivity contribution < 1.29 is 18.4 Å². The quantitative estimate of drug-likeness (QED) is 0.691. The number of nitrogens with zero attached hydrogens (tertiary/aromatic N) is 3. The van der Waals surface area contributed by atoms with E-state index in [1.165, 1.54) is 4.90 Å². The van der Waals surface area contributed by atoms with Gasteiger partial charge in [0.25, 0.3) is 11.8 Å². The van der Waals surface area contributed by atoms with Crippen molar-refractivity contribution in [3.05, 3.63) is 82.9 Å². The van der Waals surface area contributed by atoms with E-state index in [4.69, 9.17) is 0 Å². The monoisotopic (exact) mass is 411 g/mol. The minimum Gasteiger partial charge on any atom is -0.347 e. The number of H-pyrrole nitrogens is 1. The number of hydrogen-bond donors (Lipinski definition) is 2. The number of aromatic amines is 1. The zero-order valence-electron chi connectivity index (χ0n) is 16.1. The fourth-order valence-corrected chi connectivity index (χ4v) is 3.59. The highest BCUT2D eigenvalue weighted by atomic mass is 19.1. The van der Waals surface area contributed by atoms with Crippen LogP contribution in [-0.4, -0.2) is 44.5 Å². The standard InChI is InChI=1S/C21H19F2N5O2/c1-12-24-19(27-26-12)18-10-15(25-20(29)13-5-3-2-4-6-13)11-28(18)21(30)16-9-14(22)7-8-17(16)23/h2-9,15,18H,10-11H2,1H3,(H,25,29)(H,24,26,27)/t15-,18-/m0/s1. The molecule has 9 heteroatoms. The molecule has 154 valence electrons. The fourth-order valence-electron chi connectivity index (χ4n) is 3.59. The van der Waals surface area contributed by atoms with Gasteiger partial charge in [-0.05, 0) is 43.7 Å². The van der Waals surface area contributed by atoms with Gasteiger partial charge in [0.2, 0.25) is 0 Å². The van der Waals surface area contributed by atoms with Crippen LogP contribution >= 0.6 is 0 Å². The number of carbonyl (C=O) groups excluding carboxylic acids is 2. The number of aryl methyl sites for hydroxylation is 1. The van der Waals surface area contributed by atoms with E-state index in [0.717, 1.165) is 18.2 Å². The van der Waals surface area contributed by atoms with E-state index in [9.17, 15) is 18.4 Å². The van der Waals surface area contributed by atoms with Crippen molar-refractivity contribution in [2.45, 2.75) is 25.4 Å². The maximum Gasteiger partial charge on any atom is 0.257 e. The van der Waals surface area contributed by atoms with Gasteiger partial charge >= 0.3 is 0 Å². The Morgan fingerprint density at radius 2 is 1.93 bits per heavy atom. The predicted octanol–water partition coefficient (Wildman–Crippen LogP) is 2.78. The van der Waals surface area contributed by atoms with Crippen LogP contribution in [-0.2, 0) is 0 Å². The lowest BCUT2D eigenvalue weighted by Gasteiger charge is -2.22. The van der Waals surface area contributed by atoms with Crippen LogP contribution in [0.2, 0.25) is 0 Å². The number of benzene rings is 2. The number of hydrogen-bond acceptors (Lipinski definition) is 4. The van der Waals surface area contributed by atoms with Gasteiger partial charge in [0.15, 0.2) is 5.82 Å². The van der Waals surface area contributed by atoms with Gasteiger partial charge in [-0.15, -0.1) is 0 Å². The highest BCUT2D eigenvalue weighted by Crippen LogP contribution is 2.32. The minimum atomic E-state index is -0.817. The lowest BCUT2D eigenvalue weighted by Crippen LogP contribution is -2.39. The Bertz CT molecular complexity index is 1090. The van der Waals surface area contributed by atoms with Crippen LogP contribution < -0.4 is 5.32 Å². The molecule has 2 heterocycles. The fraction of sp³-hybridized carbons (Fsp3) is 0.238. The van der Waals surface area contributed by atoms with Crippen LogP contribution in [0.25, 0.3) is 0 Å². The number of carbonyl (C=O) groups is 2. The average Bonchev–Trinajstić information content (AvgIpc) is 3.36. The van der Waals surface area contributed by atoms with E-state index in [0.29, 0.717) is 23.6 Å². The van der Waals surface area contributed by atoms with Crippen molar-refractivity contribution in [3.63, 3.8) is 0 Å². The molecule has 2 atom stereocenters. The van der Waals surface area contributed by atoms with Crippen molar-refractivity contribution in [1.82, 2.24) is 25.4 Å². The normalized spacial score (nSPS) is 18.4. The van der Waals surface area contributed by atoms with Gasteiger partial charge in [0.1, 0.15) is 17.5 Å². The van der Waals surface area contributed by atoms with E-state index >= 15 is 0 Å². The van der Waals surface area contributed by atoms with Gasteiger partial charge in [-0.3, -0.25) is 14.7 Å². The third kappa shape index (κ3) is 3.91. The van der Waals surface area contributed by atoms with Crippen LogP contribution in [0.3, 0.4) is 0 Å². The molecule has 1 saturated heterocycles. The molecule has 2 N–H and O–H groups in total. The third-order valence-electron chi connectivity index (χ3n) is 5.00. The van der Waals surface area contributed by atoms with E-state index in [1.54, 1.807) is 31.2 Å². The molecule has 1 fully saturated rings. The van der Waals surface area contributed by atoms with Crippen LogP contribution in [0.4, 0.5) is 8.78 Å². The number of nitrogens with one attached hydrogen (secondary N) is 2. The maximum absolute atomic E-state index is 14.2. The molecule has 0 unspecified atom stereocenters. The summed E-state index contributed by atoms with van der Waals surface area (Å²) in [6.07, 6.45) is 0.346. The molecular formula is C21H19F2N5O2. The van der Waals surface area contributed by atoms with Crippen LogP contribution in [0.15, 0.2) is 48.5 Å². The molecule has 2 aromatic carbocycles. The van der Waals surface area contributed by atoms with Crippen molar-refractivity contribution in [3.8, 4) is 0 Å². The van der Waals surface area contributed by atoms with Crippen LogP contribution in [0.1, 0.15) is 44.8 Å². The summed E-state index contributed by atoms with van der Waals surface area (Å²) >= 11 is 0. The zero-order valence-corrected chi connectivity index (χ0v) is 16.1. The molecule has 1 aliphatic rings. The van der Waals surface area contributed by atoms with Gasteiger partial charge in [0.05, 0.1) is 11.6 Å². The number of rotatable bonds is 4. The Morgan fingerprint density at radius 3 is 2.63 bits per heavy atom. The molecule has 0 radical (unpaired) electrons. The van der Waals surface area contributed by atoms with Crippen molar-refractivity contribution in [2.24, 2.45) is 0 Å². The van der Waals surface area contributed by atoms with Gasteiger partial charge in [-0.2, -0.15) is 5.10 Å². The zero-order chi connectivity index (χ0) is 21.3. The summed E-state index contributed by atoms with van der Waals surface area (Å²) in [6.45, 7) is 1.84. The molecule has 7 nitrogen and oxygen atoms in total. The molecule has 0 saturated carbocycles. The number of amides is 2. The van der Waals surface area contributed by atoms with E-state index in [-0.39, 0.29) is 18.0 Å². The van der Waals surface area contributed by atoms with Gasteiger partial charge in [-0.25, -0.2) is 13.8 Å². The molecule has 2 amide bonds. The number of likely N-dealkylation sites (tertiary alicyclic amines) is 1. The topological polar surface area (TPSA) is 91.0 Å². The maximum atomic E-state index is 14.2. The average molecular weight is 411 g/mol. The molecule has 1 aliphatic heterocycles. The smallest absolute Gasteiger partial charge is 0.257 e. The first-order chi connectivity index (χ1) is 14.4. The Kier molecular flexibility index (Phi) is 5.26. The summed E-state index contributed by atoms with van der Waals surface area (Å²) in [5.74, 6) is -1.57. The molecule has 0 aliphatic carbocycles. The first-order valence-corrected chi connectivity index (χ1v) is 9.43. The summed E-state index contributed by atoms with van der Waals surface area (Å²) < 4.78 is 27.8. The van der Waals surface area contributed by atoms with Crippen LogP contribution in [0.5, 0.6) is 0 Å². The lowest BCUT2D eigenvalue weighted by atomic mass is 10.1. The summed E-state index contributed by atoms with van der Waals surface area (Å²) in [4.78, 5) is 31.2. The second kappa shape index (κ2) is 8.02. The summed E-state index contributed by atoms with van der Waals surface area (Å²) in [5, 5.41) is 9.75. The molecule has 4 rings (SSSR count). The highest BCUT2D eigenvalue weighted by molar-refractivity contribution is 5.96. The van der Waals surface area contributed by atoms with Crippen LogP contribution in [0, 0.1) is 18.6 Å². The largest absolute Gasteiger partial charge is 0.347 e. The highest BCUT2D eigenvalue weighted by Gasteiger charge is 2.40. The molecule has 30 heavy (non-hydrogen) atoms. The summed E-state index contributed by atoms with van der Waals surface area (Å²) in [6, 6.07) is 10.4. The number of aromatic nitrogens is 3. The summed E-state index contributed by atoms with van der Waals surface area (Å²) in [5.41, 5.74) is 0.117. The van der Waals surface area contributed by atoms with E-state index in [2.05, 4.69) is 20.5 Å². The molecule has 3 aromatic rings.